The van der Waals surface area contributed by atoms with Crippen LogP contribution < -0.4 is 5.32 Å². The molecule has 26 heavy (non-hydrogen) atoms. The van der Waals surface area contributed by atoms with E-state index in [4.69, 9.17) is 4.52 Å². The number of nitrogens with zero attached hydrogens (tertiary/aromatic N) is 4. The highest BCUT2D eigenvalue weighted by Crippen LogP contribution is 2.19. The van der Waals surface area contributed by atoms with Crippen LogP contribution in [0.5, 0.6) is 0 Å². The highest BCUT2D eigenvalue weighted by molar-refractivity contribution is 6.02. The van der Waals surface area contributed by atoms with Gasteiger partial charge < -0.3 is 9.84 Å². The third-order valence-electron chi connectivity index (χ3n) is 3.83. The number of benzene rings is 2. The molecule has 0 saturated heterocycles. The highest BCUT2D eigenvalue weighted by atomic mass is 16.5. The fourth-order valence-corrected chi connectivity index (χ4v) is 2.51. The summed E-state index contributed by atoms with van der Waals surface area (Å²) in [5.41, 5.74) is 3.25. The lowest BCUT2D eigenvalue weighted by Crippen LogP contribution is -2.11. The van der Waals surface area contributed by atoms with Crippen LogP contribution in [0.25, 0.3) is 11.3 Å². The van der Waals surface area contributed by atoms with Crippen molar-refractivity contribution in [1.82, 2.24) is 19.9 Å². The van der Waals surface area contributed by atoms with Gasteiger partial charge in [0.2, 0.25) is 5.76 Å². The number of carbonyl (C=O) groups excluding carboxylic acids is 1. The second-order valence-corrected chi connectivity index (χ2v) is 5.69. The van der Waals surface area contributed by atoms with Crippen molar-refractivity contribution in [3.8, 4) is 11.3 Å². The topological polar surface area (TPSA) is 85.8 Å². The minimum atomic E-state index is -0.344. The van der Waals surface area contributed by atoms with Crippen molar-refractivity contribution in [3.63, 3.8) is 0 Å². The minimum absolute atomic E-state index is 0.163. The van der Waals surface area contributed by atoms with E-state index in [1.54, 1.807) is 17.1 Å². The van der Waals surface area contributed by atoms with Gasteiger partial charge in [0.15, 0.2) is 0 Å². The number of hydrogen-bond acceptors (Lipinski definition) is 5. The number of carbonyl (C=O) groups is 1. The normalized spacial score (nSPS) is 10.6. The maximum atomic E-state index is 12.3. The summed E-state index contributed by atoms with van der Waals surface area (Å²) in [5.74, 6) is -0.181. The zero-order valence-electron chi connectivity index (χ0n) is 13.7. The molecule has 128 valence electrons. The van der Waals surface area contributed by atoms with Crippen molar-refractivity contribution < 1.29 is 9.32 Å². The average Bonchev–Trinajstić information content (AvgIpc) is 3.36. The van der Waals surface area contributed by atoms with E-state index >= 15 is 0 Å². The zero-order valence-corrected chi connectivity index (χ0v) is 13.7. The quantitative estimate of drug-likeness (QED) is 0.600. The van der Waals surface area contributed by atoms with Gasteiger partial charge in [-0.2, -0.15) is 5.10 Å². The van der Waals surface area contributed by atoms with Gasteiger partial charge in [0.05, 0.1) is 6.54 Å². The summed E-state index contributed by atoms with van der Waals surface area (Å²) in [7, 11) is 0. The van der Waals surface area contributed by atoms with Gasteiger partial charge in [-0.1, -0.05) is 47.6 Å². The third-order valence-corrected chi connectivity index (χ3v) is 3.83. The summed E-state index contributed by atoms with van der Waals surface area (Å²) in [6, 6.07) is 18.7. The summed E-state index contributed by atoms with van der Waals surface area (Å²) in [6.45, 7) is 0.622. The fraction of sp³-hybridized carbons (Fsp3) is 0.0526. The molecule has 0 aliphatic rings. The number of amides is 1. The van der Waals surface area contributed by atoms with Gasteiger partial charge in [-0.25, -0.2) is 9.67 Å². The molecule has 4 aromatic rings. The molecule has 1 amide bonds. The van der Waals surface area contributed by atoms with E-state index in [9.17, 15) is 4.79 Å². The maximum Gasteiger partial charge on any atom is 0.294 e. The van der Waals surface area contributed by atoms with E-state index in [-0.39, 0.29) is 11.7 Å². The van der Waals surface area contributed by atoms with Gasteiger partial charge in [-0.05, 0) is 17.7 Å². The molecule has 1 N–H and O–H groups in total. The molecule has 0 saturated carbocycles. The first-order valence-corrected chi connectivity index (χ1v) is 8.03. The Balaban J connectivity index is 1.42. The Bertz CT molecular complexity index is 992. The van der Waals surface area contributed by atoms with Gasteiger partial charge in [0, 0.05) is 17.3 Å². The van der Waals surface area contributed by atoms with Crippen LogP contribution >= 0.6 is 0 Å². The number of hydrogen-bond donors (Lipinski definition) is 1. The van der Waals surface area contributed by atoms with Crippen LogP contribution in [0.4, 0.5) is 5.69 Å². The summed E-state index contributed by atoms with van der Waals surface area (Å²) < 4.78 is 6.90. The molecule has 0 atom stereocenters. The third kappa shape index (κ3) is 3.51. The van der Waals surface area contributed by atoms with Crippen molar-refractivity contribution >= 4 is 11.6 Å². The number of nitrogens with one attached hydrogen (secondary N) is 1. The number of rotatable bonds is 5. The molecule has 4 rings (SSSR count). The first-order chi connectivity index (χ1) is 12.8. The summed E-state index contributed by atoms with van der Waals surface area (Å²) in [6.07, 6.45) is 3.15. The zero-order chi connectivity index (χ0) is 17.8. The second kappa shape index (κ2) is 7.02. The van der Waals surface area contributed by atoms with Gasteiger partial charge in [-0.3, -0.25) is 4.79 Å². The number of aromatic nitrogens is 4. The monoisotopic (exact) mass is 345 g/mol. The van der Waals surface area contributed by atoms with E-state index in [0.717, 1.165) is 11.1 Å². The van der Waals surface area contributed by atoms with E-state index < -0.39 is 0 Å². The summed E-state index contributed by atoms with van der Waals surface area (Å²) >= 11 is 0. The fourth-order valence-electron chi connectivity index (χ4n) is 2.51. The Morgan fingerprint density at radius 3 is 2.62 bits per heavy atom. The van der Waals surface area contributed by atoms with E-state index in [1.165, 1.54) is 6.33 Å². The van der Waals surface area contributed by atoms with Gasteiger partial charge >= 0.3 is 0 Å². The van der Waals surface area contributed by atoms with Crippen LogP contribution in [0.2, 0.25) is 0 Å². The largest absolute Gasteiger partial charge is 0.350 e. The Labute approximate surface area is 149 Å². The van der Waals surface area contributed by atoms with E-state index in [0.29, 0.717) is 17.9 Å². The molecule has 0 spiro atoms. The molecule has 0 fully saturated rings. The molecule has 2 heterocycles. The van der Waals surface area contributed by atoms with Crippen molar-refractivity contribution in [2.45, 2.75) is 6.54 Å². The molecule has 7 heteroatoms. The van der Waals surface area contributed by atoms with Crippen LogP contribution in [0.1, 0.15) is 16.1 Å². The molecule has 7 nitrogen and oxygen atoms in total. The summed E-state index contributed by atoms with van der Waals surface area (Å²) in [4.78, 5) is 16.2. The van der Waals surface area contributed by atoms with Crippen molar-refractivity contribution in [3.05, 3.63) is 84.6 Å². The van der Waals surface area contributed by atoms with Crippen molar-refractivity contribution in [2.24, 2.45) is 0 Å². The van der Waals surface area contributed by atoms with Crippen LogP contribution in [0.3, 0.4) is 0 Å². The van der Waals surface area contributed by atoms with Crippen molar-refractivity contribution in [2.75, 3.05) is 5.32 Å². The summed E-state index contributed by atoms with van der Waals surface area (Å²) in [5, 5.41) is 10.8. The maximum absolute atomic E-state index is 12.3. The lowest BCUT2D eigenvalue weighted by Gasteiger charge is -2.05. The molecule has 0 bridgehead atoms. The lowest BCUT2D eigenvalue weighted by atomic mass is 10.1. The van der Waals surface area contributed by atoms with Gasteiger partial charge in [0.25, 0.3) is 5.91 Å². The molecular formula is C19H15N5O2. The Morgan fingerprint density at radius 2 is 1.88 bits per heavy atom. The molecule has 0 aliphatic heterocycles. The predicted molar refractivity (Wildman–Crippen MR) is 95.5 cm³/mol. The molecule has 0 radical (unpaired) electrons. The molecular weight excluding hydrogens is 330 g/mol. The second-order valence-electron chi connectivity index (χ2n) is 5.69. The Hall–Kier alpha value is -3.74. The predicted octanol–water partition coefficient (Wildman–Crippen LogP) is 3.23. The van der Waals surface area contributed by atoms with E-state index in [1.807, 2.05) is 54.6 Å². The van der Waals surface area contributed by atoms with Crippen LogP contribution in [-0.4, -0.2) is 25.8 Å². The molecule has 2 aromatic carbocycles. The van der Waals surface area contributed by atoms with Crippen molar-refractivity contribution in [1.29, 1.82) is 0 Å². The molecule has 2 aromatic heterocycles. The van der Waals surface area contributed by atoms with Crippen LogP contribution in [0.15, 0.2) is 77.8 Å². The minimum Gasteiger partial charge on any atom is -0.350 e. The first kappa shape index (κ1) is 15.8. The highest BCUT2D eigenvalue weighted by Gasteiger charge is 2.14. The lowest BCUT2D eigenvalue weighted by molar-refractivity contribution is 0.0988. The SMILES string of the molecule is O=C(Nc1ccc(Cn2cncn2)cc1)c1cc(-c2ccccc2)no1. The standard InChI is InChI=1S/C19H15N5O2/c25-19(18-10-17(23-26-18)15-4-2-1-3-5-15)22-16-8-6-14(7-9-16)11-24-13-20-12-21-24/h1-10,12-13H,11H2,(H,22,25). The molecule has 0 unspecified atom stereocenters. The average molecular weight is 345 g/mol. The molecule has 0 aliphatic carbocycles. The van der Waals surface area contributed by atoms with Crippen LogP contribution in [0, 0.1) is 0 Å². The smallest absolute Gasteiger partial charge is 0.294 e. The number of anilines is 1. The van der Waals surface area contributed by atoms with Gasteiger partial charge in [0.1, 0.15) is 18.3 Å². The van der Waals surface area contributed by atoms with Crippen LogP contribution in [-0.2, 0) is 6.54 Å². The Kier molecular flexibility index (Phi) is 4.26. The van der Waals surface area contributed by atoms with E-state index in [2.05, 4.69) is 20.6 Å². The van der Waals surface area contributed by atoms with Gasteiger partial charge in [-0.15, -0.1) is 0 Å². The first-order valence-electron chi connectivity index (χ1n) is 8.03. The Morgan fingerprint density at radius 1 is 1.08 bits per heavy atom.